The van der Waals surface area contributed by atoms with E-state index in [0.717, 1.165) is 11.3 Å². The van der Waals surface area contributed by atoms with Crippen LogP contribution in [-0.2, 0) is 11.2 Å². The Morgan fingerprint density at radius 3 is 2.59 bits per heavy atom. The molecule has 2 aromatic heterocycles. The Kier molecular flexibility index (Phi) is 6.72. The normalized spacial score (nSPS) is 16.3. The number of amides is 2. The largest absolute Gasteiger partial charge is 0.445 e. The van der Waals surface area contributed by atoms with Crippen molar-refractivity contribution in [3.8, 4) is 0 Å². The van der Waals surface area contributed by atoms with Gasteiger partial charge in [0.05, 0.1) is 17.7 Å². The van der Waals surface area contributed by atoms with Crippen molar-refractivity contribution in [3.63, 3.8) is 0 Å². The zero-order valence-electron chi connectivity index (χ0n) is 17.3. The first kappa shape index (κ1) is 23.5. The van der Waals surface area contributed by atoms with E-state index in [0.29, 0.717) is 23.0 Å². The fourth-order valence-corrected chi connectivity index (χ4v) is 4.01. The van der Waals surface area contributed by atoms with Crippen molar-refractivity contribution in [3.05, 3.63) is 45.7 Å². The molecule has 0 aliphatic heterocycles. The van der Waals surface area contributed by atoms with Crippen LogP contribution in [0.5, 0.6) is 0 Å². The summed E-state index contributed by atoms with van der Waals surface area (Å²) in [7, 11) is 3.04. The summed E-state index contributed by atoms with van der Waals surface area (Å²) in [4.78, 5) is 28.9. The van der Waals surface area contributed by atoms with Gasteiger partial charge in [-0.15, -0.1) is 11.3 Å². The Balaban J connectivity index is 1.74. The number of allylic oxidation sites excluding steroid dienone is 4. The van der Waals surface area contributed by atoms with E-state index in [1.165, 1.54) is 18.5 Å². The molecule has 3 rings (SSSR count). The van der Waals surface area contributed by atoms with Gasteiger partial charge in [0.15, 0.2) is 5.13 Å². The molecule has 0 fully saturated rings. The Morgan fingerprint density at radius 1 is 1.28 bits per heavy atom. The van der Waals surface area contributed by atoms with Crippen molar-refractivity contribution in [1.82, 2.24) is 10.3 Å². The third-order valence-corrected chi connectivity index (χ3v) is 5.59. The van der Waals surface area contributed by atoms with Crippen molar-refractivity contribution in [2.45, 2.75) is 32.1 Å². The topological polar surface area (TPSA) is 96.3 Å². The van der Waals surface area contributed by atoms with Gasteiger partial charge in [-0.2, -0.15) is 13.2 Å². The molecule has 32 heavy (non-hydrogen) atoms. The molecule has 2 amide bonds. The van der Waals surface area contributed by atoms with Crippen LogP contribution in [0.1, 0.15) is 33.8 Å². The molecule has 1 unspecified atom stereocenters. The summed E-state index contributed by atoms with van der Waals surface area (Å²) in [5.41, 5.74) is -0.0191. The number of alkyl halides is 4. The number of rotatable bonds is 6. The highest BCUT2D eigenvalue weighted by molar-refractivity contribution is 7.14. The van der Waals surface area contributed by atoms with Gasteiger partial charge in [-0.25, -0.2) is 9.37 Å². The van der Waals surface area contributed by atoms with Gasteiger partial charge in [0, 0.05) is 31.5 Å². The third kappa shape index (κ3) is 4.85. The number of hydrogen-bond donors (Lipinski definition) is 3. The number of aromatic nitrogens is 1. The predicted molar refractivity (Wildman–Crippen MR) is 112 cm³/mol. The number of hydrogen-bond acceptors (Lipinski definition) is 6. The molecule has 1 aliphatic rings. The van der Waals surface area contributed by atoms with Crippen LogP contribution in [0.4, 0.5) is 28.6 Å². The molecule has 0 saturated heterocycles. The molecule has 1 atom stereocenters. The lowest BCUT2D eigenvalue weighted by Gasteiger charge is -2.20. The number of nitrogens with one attached hydrogen (secondary N) is 3. The predicted octanol–water partition coefficient (Wildman–Crippen LogP) is 4.24. The van der Waals surface area contributed by atoms with Gasteiger partial charge in [-0.1, -0.05) is 12.2 Å². The molecular formula is C20H20F4N4O3S. The van der Waals surface area contributed by atoms with Gasteiger partial charge in [-0.3, -0.25) is 9.59 Å². The van der Waals surface area contributed by atoms with Gasteiger partial charge in [0.2, 0.25) is 11.8 Å². The highest BCUT2D eigenvalue weighted by atomic mass is 32.1. The van der Waals surface area contributed by atoms with Crippen molar-refractivity contribution in [1.29, 1.82) is 0 Å². The number of furan rings is 1. The van der Waals surface area contributed by atoms with Crippen LogP contribution in [0.25, 0.3) is 5.57 Å². The van der Waals surface area contributed by atoms with Crippen LogP contribution in [0.15, 0.2) is 27.5 Å². The third-order valence-electron chi connectivity index (χ3n) is 4.84. The van der Waals surface area contributed by atoms with Gasteiger partial charge >= 0.3 is 6.18 Å². The number of carbonyl (C=O) groups is 2. The molecule has 0 aromatic carbocycles. The van der Waals surface area contributed by atoms with Gasteiger partial charge in [0.1, 0.15) is 17.5 Å². The molecule has 2 heterocycles. The summed E-state index contributed by atoms with van der Waals surface area (Å²) in [6, 6.07) is 0. The molecule has 7 nitrogen and oxygen atoms in total. The van der Waals surface area contributed by atoms with E-state index in [2.05, 4.69) is 20.9 Å². The van der Waals surface area contributed by atoms with E-state index in [1.54, 1.807) is 14.0 Å². The minimum absolute atomic E-state index is 0.165. The SMILES string of the molecule is CNC(=O)c1c(NC)oc(C)c1CC(=O)Nc1nc(C2=CC=C(C(F)(F)F)C(F)C2)cs1. The number of nitrogens with zero attached hydrogens (tertiary/aromatic N) is 1. The number of anilines is 2. The number of thiazole rings is 1. The van der Waals surface area contributed by atoms with Crippen LogP contribution in [-0.4, -0.2) is 43.2 Å². The number of carbonyl (C=O) groups excluding carboxylic acids is 2. The van der Waals surface area contributed by atoms with Gasteiger partial charge in [0.25, 0.3) is 5.91 Å². The second-order valence-corrected chi connectivity index (χ2v) is 7.77. The molecule has 0 radical (unpaired) electrons. The summed E-state index contributed by atoms with van der Waals surface area (Å²) < 4.78 is 57.8. The lowest BCUT2D eigenvalue weighted by molar-refractivity contribution is -0.115. The average molecular weight is 472 g/mol. The monoisotopic (exact) mass is 472 g/mol. The molecule has 172 valence electrons. The van der Waals surface area contributed by atoms with Crippen LogP contribution in [0.3, 0.4) is 0 Å². The smallest absolute Gasteiger partial charge is 0.415 e. The zero-order chi connectivity index (χ0) is 23.6. The van der Waals surface area contributed by atoms with Gasteiger partial charge < -0.3 is 20.4 Å². The lowest BCUT2D eigenvalue weighted by Crippen LogP contribution is -2.23. The van der Waals surface area contributed by atoms with E-state index >= 15 is 0 Å². The maximum atomic E-state index is 14.0. The lowest BCUT2D eigenvalue weighted by atomic mass is 9.95. The van der Waals surface area contributed by atoms with E-state index in [1.807, 2.05) is 0 Å². The van der Waals surface area contributed by atoms with Crippen LogP contribution >= 0.6 is 11.3 Å². The zero-order valence-corrected chi connectivity index (χ0v) is 18.1. The first-order valence-corrected chi connectivity index (χ1v) is 10.3. The number of halogens is 4. The maximum Gasteiger partial charge on any atom is 0.415 e. The standard InChI is InChI=1S/C20H20F4N4O3S/c1-9-11(16(17(30)25-2)18(26-3)31-9)7-15(29)28-19-27-14(8-32-19)10-4-5-12(13(21)6-10)20(22,23)24/h4-5,8,13,26H,6-7H2,1-3H3,(H,25,30)(H,27,28,29). The molecule has 0 spiro atoms. The van der Waals surface area contributed by atoms with E-state index in [-0.39, 0.29) is 28.7 Å². The molecule has 1 aliphatic carbocycles. The number of aryl methyl sites for hydroxylation is 1. The van der Waals surface area contributed by atoms with Crippen LogP contribution in [0, 0.1) is 6.92 Å². The van der Waals surface area contributed by atoms with Crippen molar-refractivity contribution in [2.75, 3.05) is 24.7 Å². The van der Waals surface area contributed by atoms with Crippen LogP contribution in [0.2, 0.25) is 0 Å². The quantitative estimate of drug-likeness (QED) is 0.547. The maximum absolute atomic E-state index is 14.0. The Bertz CT molecular complexity index is 1100. The Labute approximate surface area is 184 Å². The Hall–Kier alpha value is -3.15. The van der Waals surface area contributed by atoms with E-state index in [9.17, 15) is 27.2 Å². The minimum Gasteiger partial charge on any atom is -0.445 e. The summed E-state index contributed by atoms with van der Waals surface area (Å²) in [6.07, 6.45) is -5.63. The fraction of sp³-hybridized carbons (Fsp3) is 0.350. The average Bonchev–Trinajstić information content (AvgIpc) is 3.31. The molecular weight excluding hydrogens is 452 g/mol. The van der Waals surface area contributed by atoms with Crippen LogP contribution < -0.4 is 16.0 Å². The first-order chi connectivity index (χ1) is 15.0. The fourth-order valence-electron chi connectivity index (χ4n) is 3.26. The molecule has 0 saturated carbocycles. The van der Waals surface area contributed by atoms with Gasteiger partial charge in [-0.05, 0) is 12.5 Å². The van der Waals surface area contributed by atoms with Crippen molar-refractivity contribution >= 4 is 39.7 Å². The second-order valence-electron chi connectivity index (χ2n) is 6.92. The van der Waals surface area contributed by atoms with Crippen molar-refractivity contribution < 1.29 is 31.6 Å². The molecule has 12 heteroatoms. The first-order valence-electron chi connectivity index (χ1n) is 9.45. The molecule has 0 bridgehead atoms. The van der Waals surface area contributed by atoms with E-state index < -0.39 is 36.2 Å². The van der Waals surface area contributed by atoms with E-state index in [4.69, 9.17) is 4.42 Å². The van der Waals surface area contributed by atoms with Crippen molar-refractivity contribution in [2.24, 2.45) is 0 Å². The second kappa shape index (κ2) is 9.15. The minimum atomic E-state index is -4.73. The Morgan fingerprint density at radius 2 is 2.00 bits per heavy atom. The highest BCUT2D eigenvalue weighted by Crippen LogP contribution is 2.38. The summed E-state index contributed by atoms with van der Waals surface area (Å²) >= 11 is 1.05. The molecule has 2 aromatic rings. The highest BCUT2D eigenvalue weighted by Gasteiger charge is 2.40. The molecule has 3 N–H and O–H groups in total. The summed E-state index contributed by atoms with van der Waals surface area (Å²) in [5, 5.41) is 9.58. The summed E-state index contributed by atoms with van der Waals surface area (Å²) in [5.74, 6) is -0.251. The summed E-state index contributed by atoms with van der Waals surface area (Å²) in [6.45, 7) is 1.63.